The van der Waals surface area contributed by atoms with Crippen LogP contribution in [0.25, 0.3) is 0 Å². The Labute approximate surface area is 106 Å². The van der Waals surface area contributed by atoms with Gasteiger partial charge in [0.05, 0.1) is 0 Å². The smallest absolute Gasteiger partial charge is 0.323 e. The maximum absolute atomic E-state index is 12.1. The van der Waals surface area contributed by atoms with Gasteiger partial charge >= 0.3 is 5.97 Å². The highest BCUT2D eigenvalue weighted by Crippen LogP contribution is 2.25. The van der Waals surface area contributed by atoms with Crippen LogP contribution >= 0.6 is 0 Å². The first-order valence-electron chi connectivity index (χ1n) is 6.83. The predicted octanol–water partition coefficient (Wildman–Crippen LogP) is 2.98. The van der Waals surface area contributed by atoms with Crippen LogP contribution in [-0.4, -0.2) is 35.1 Å². The van der Waals surface area contributed by atoms with Crippen molar-refractivity contribution in [2.75, 3.05) is 6.54 Å². The van der Waals surface area contributed by atoms with Crippen molar-refractivity contribution < 1.29 is 9.53 Å². The molecule has 0 aromatic rings. The molecule has 0 radical (unpaired) electrons. The van der Waals surface area contributed by atoms with Crippen molar-refractivity contribution in [1.82, 2.24) is 4.90 Å². The molecule has 3 nitrogen and oxygen atoms in total. The Kier molecular flexibility index (Phi) is 4.99. The first-order valence-corrected chi connectivity index (χ1v) is 6.83. The third-order valence-corrected chi connectivity index (χ3v) is 3.40. The molecule has 0 bridgehead atoms. The minimum Gasteiger partial charge on any atom is -0.459 e. The van der Waals surface area contributed by atoms with Crippen LogP contribution in [0.15, 0.2) is 0 Å². The largest absolute Gasteiger partial charge is 0.459 e. The van der Waals surface area contributed by atoms with E-state index in [1.165, 1.54) is 25.7 Å². The van der Waals surface area contributed by atoms with Gasteiger partial charge in [0, 0.05) is 6.04 Å². The van der Waals surface area contributed by atoms with Crippen LogP contribution in [0.4, 0.5) is 0 Å². The van der Waals surface area contributed by atoms with Crippen molar-refractivity contribution in [3.05, 3.63) is 0 Å². The third-order valence-electron chi connectivity index (χ3n) is 3.40. The van der Waals surface area contributed by atoms with E-state index in [9.17, 15) is 4.79 Å². The molecule has 1 unspecified atom stereocenters. The van der Waals surface area contributed by atoms with E-state index in [2.05, 4.69) is 11.8 Å². The zero-order chi connectivity index (χ0) is 13.1. The Morgan fingerprint density at radius 1 is 1.35 bits per heavy atom. The summed E-state index contributed by atoms with van der Waals surface area (Å²) >= 11 is 0. The first kappa shape index (κ1) is 14.5. The average molecular weight is 241 g/mol. The van der Waals surface area contributed by atoms with E-state index < -0.39 is 0 Å². The summed E-state index contributed by atoms with van der Waals surface area (Å²) in [6.07, 6.45) is 5.03. The number of ether oxygens (including phenoxy) is 1. The van der Waals surface area contributed by atoms with Gasteiger partial charge in [-0.3, -0.25) is 9.69 Å². The SMILES string of the molecule is CCN(C1CCCC1)C(C)C(=O)OC(C)(C)C. The molecule has 0 amide bonds. The molecule has 1 atom stereocenters. The van der Waals surface area contributed by atoms with E-state index >= 15 is 0 Å². The molecule has 1 aliphatic carbocycles. The zero-order valence-electron chi connectivity index (χ0n) is 12.0. The molecule has 0 saturated heterocycles. The molecule has 0 aromatic carbocycles. The number of likely N-dealkylation sites (N-methyl/N-ethyl adjacent to an activating group) is 1. The van der Waals surface area contributed by atoms with E-state index in [1.54, 1.807) is 0 Å². The van der Waals surface area contributed by atoms with Gasteiger partial charge in [0.15, 0.2) is 0 Å². The Morgan fingerprint density at radius 3 is 2.29 bits per heavy atom. The van der Waals surface area contributed by atoms with E-state index in [0.29, 0.717) is 6.04 Å². The van der Waals surface area contributed by atoms with Gasteiger partial charge in [0.2, 0.25) is 0 Å². The molecule has 0 spiro atoms. The first-order chi connectivity index (χ1) is 7.85. The quantitative estimate of drug-likeness (QED) is 0.709. The number of esters is 1. The maximum atomic E-state index is 12.1. The van der Waals surface area contributed by atoms with Crippen molar-refractivity contribution in [2.24, 2.45) is 0 Å². The van der Waals surface area contributed by atoms with E-state index in [-0.39, 0.29) is 17.6 Å². The number of nitrogens with zero attached hydrogens (tertiary/aromatic N) is 1. The Hall–Kier alpha value is -0.570. The number of hydrogen-bond donors (Lipinski definition) is 0. The molecule has 3 heteroatoms. The van der Waals surface area contributed by atoms with Crippen molar-refractivity contribution in [3.8, 4) is 0 Å². The number of carbonyl (C=O) groups excluding carboxylic acids is 1. The minimum atomic E-state index is -0.388. The van der Waals surface area contributed by atoms with Gasteiger partial charge in [-0.25, -0.2) is 0 Å². The average Bonchev–Trinajstić information content (AvgIpc) is 2.69. The van der Waals surface area contributed by atoms with E-state index in [0.717, 1.165) is 6.54 Å². The standard InChI is InChI=1S/C14H27NO2/c1-6-15(12-9-7-8-10-12)11(2)13(16)17-14(3,4)5/h11-12H,6-10H2,1-5H3. The second kappa shape index (κ2) is 5.85. The minimum absolute atomic E-state index is 0.0914. The van der Waals surface area contributed by atoms with Gasteiger partial charge in [-0.1, -0.05) is 19.8 Å². The zero-order valence-corrected chi connectivity index (χ0v) is 12.0. The lowest BCUT2D eigenvalue weighted by atomic mass is 10.1. The van der Waals surface area contributed by atoms with Crippen LogP contribution in [0.2, 0.25) is 0 Å². The van der Waals surface area contributed by atoms with Crippen molar-refractivity contribution >= 4 is 5.97 Å². The lowest BCUT2D eigenvalue weighted by Gasteiger charge is -2.33. The fourth-order valence-corrected chi connectivity index (χ4v) is 2.61. The molecule has 1 fully saturated rings. The highest BCUT2D eigenvalue weighted by atomic mass is 16.6. The van der Waals surface area contributed by atoms with Crippen molar-refractivity contribution in [2.45, 2.75) is 78.0 Å². The Morgan fingerprint density at radius 2 is 1.88 bits per heavy atom. The number of rotatable bonds is 4. The van der Waals surface area contributed by atoms with E-state index in [1.807, 2.05) is 27.7 Å². The number of carbonyl (C=O) groups is 1. The van der Waals surface area contributed by atoms with Gasteiger partial charge in [-0.15, -0.1) is 0 Å². The fraction of sp³-hybridized carbons (Fsp3) is 0.929. The predicted molar refractivity (Wildman–Crippen MR) is 69.9 cm³/mol. The molecular formula is C14H27NO2. The molecule has 1 rings (SSSR count). The molecule has 100 valence electrons. The summed E-state index contributed by atoms with van der Waals surface area (Å²) in [6.45, 7) is 10.8. The molecule has 17 heavy (non-hydrogen) atoms. The molecule has 1 saturated carbocycles. The number of hydrogen-bond acceptors (Lipinski definition) is 3. The molecule has 0 N–H and O–H groups in total. The van der Waals surface area contributed by atoms with Crippen molar-refractivity contribution in [1.29, 1.82) is 0 Å². The van der Waals surface area contributed by atoms with Crippen molar-refractivity contribution in [3.63, 3.8) is 0 Å². The van der Waals surface area contributed by atoms with Gasteiger partial charge < -0.3 is 4.74 Å². The summed E-state index contributed by atoms with van der Waals surface area (Å²) < 4.78 is 5.46. The highest BCUT2D eigenvalue weighted by Gasteiger charge is 2.31. The second-order valence-electron chi connectivity index (χ2n) is 5.98. The summed E-state index contributed by atoms with van der Waals surface area (Å²) in [5.41, 5.74) is -0.388. The van der Waals surface area contributed by atoms with Crippen LogP contribution in [0, 0.1) is 0 Å². The van der Waals surface area contributed by atoms with Gasteiger partial charge in [0.1, 0.15) is 11.6 Å². The third kappa shape index (κ3) is 4.30. The van der Waals surface area contributed by atoms with E-state index in [4.69, 9.17) is 4.74 Å². The Bertz CT molecular complexity index is 251. The summed E-state index contributed by atoms with van der Waals surface area (Å²) in [4.78, 5) is 14.3. The van der Waals surface area contributed by atoms with Crippen LogP contribution in [0.1, 0.15) is 60.3 Å². The molecule has 0 aromatic heterocycles. The van der Waals surface area contributed by atoms with Gasteiger partial charge in [0.25, 0.3) is 0 Å². The normalized spacial score (nSPS) is 19.6. The summed E-state index contributed by atoms with van der Waals surface area (Å²) in [5, 5.41) is 0. The lowest BCUT2D eigenvalue weighted by Crippen LogP contribution is -2.46. The molecule has 1 aliphatic rings. The molecule has 0 heterocycles. The summed E-state index contributed by atoms with van der Waals surface area (Å²) in [6, 6.07) is 0.449. The van der Waals surface area contributed by atoms with Crippen LogP contribution < -0.4 is 0 Å². The van der Waals surface area contributed by atoms with Crippen LogP contribution in [0.3, 0.4) is 0 Å². The van der Waals surface area contributed by atoms with Crippen LogP contribution in [-0.2, 0) is 9.53 Å². The van der Waals surface area contributed by atoms with Gasteiger partial charge in [-0.2, -0.15) is 0 Å². The van der Waals surface area contributed by atoms with Gasteiger partial charge in [-0.05, 0) is 47.1 Å². The maximum Gasteiger partial charge on any atom is 0.323 e. The second-order valence-corrected chi connectivity index (χ2v) is 5.98. The molecule has 0 aliphatic heterocycles. The van der Waals surface area contributed by atoms with Crippen LogP contribution in [0.5, 0.6) is 0 Å². The summed E-state index contributed by atoms with van der Waals surface area (Å²) in [5.74, 6) is -0.0914. The summed E-state index contributed by atoms with van der Waals surface area (Å²) in [7, 11) is 0. The Balaban J connectivity index is 2.58. The highest BCUT2D eigenvalue weighted by molar-refractivity contribution is 5.75. The topological polar surface area (TPSA) is 29.5 Å². The fourth-order valence-electron chi connectivity index (χ4n) is 2.61. The monoisotopic (exact) mass is 241 g/mol. The lowest BCUT2D eigenvalue weighted by molar-refractivity contribution is -0.161. The molecular weight excluding hydrogens is 214 g/mol.